The maximum atomic E-state index is 12.7. The van der Waals surface area contributed by atoms with Crippen molar-refractivity contribution in [3.05, 3.63) is 47.7 Å². The first kappa shape index (κ1) is 21.1. The maximum absolute atomic E-state index is 12.7. The van der Waals surface area contributed by atoms with Crippen LogP contribution < -0.4 is 9.64 Å². The highest BCUT2D eigenvalue weighted by Crippen LogP contribution is 2.37. The SMILES string of the molecule is C[C@H]1CN(c2ccc(C(F)(F)F)cn2)CC[C@H]1Oc1ccc(C(F)(F)F)cc1O. The van der Waals surface area contributed by atoms with Crippen LogP contribution in [-0.4, -0.2) is 29.3 Å². The average Bonchev–Trinajstić information content (AvgIpc) is 2.63. The molecule has 4 nitrogen and oxygen atoms in total. The van der Waals surface area contributed by atoms with Crippen molar-refractivity contribution >= 4 is 5.82 Å². The molecule has 0 radical (unpaired) electrons. The Morgan fingerprint density at radius 1 is 1.03 bits per heavy atom. The smallest absolute Gasteiger partial charge is 0.417 e. The molecule has 1 aliphatic rings. The summed E-state index contributed by atoms with van der Waals surface area (Å²) >= 11 is 0. The first-order valence-corrected chi connectivity index (χ1v) is 8.80. The summed E-state index contributed by atoms with van der Waals surface area (Å²) in [5, 5.41) is 9.86. The molecule has 2 atom stereocenters. The van der Waals surface area contributed by atoms with E-state index in [4.69, 9.17) is 4.74 Å². The minimum absolute atomic E-state index is 0.0454. The molecular weight excluding hydrogens is 402 g/mol. The zero-order valence-electron chi connectivity index (χ0n) is 15.3. The second kappa shape index (κ2) is 7.64. The zero-order valence-corrected chi connectivity index (χ0v) is 15.3. The highest BCUT2D eigenvalue weighted by atomic mass is 19.4. The number of hydrogen-bond acceptors (Lipinski definition) is 4. The van der Waals surface area contributed by atoms with Crippen molar-refractivity contribution in [1.29, 1.82) is 0 Å². The number of halogens is 6. The van der Waals surface area contributed by atoms with Crippen molar-refractivity contribution in [3.63, 3.8) is 0 Å². The third kappa shape index (κ3) is 4.86. The largest absolute Gasteiger partial charge is 0.504 e. The number of alkyl halides is 6. The van der Waals surface area contributed by atoms with E-state index in [2.05, 4.69) is 4.98 Å². The molecule has 1 aliphatic heterocycles. The Bertz CT molecular complexity index is 851. The van der Waals surface area contributed by atoms with Crippen LogP contribution in [0.2, 0.25) is 0 Å². The summed E-state index contributed by atoms with van der Waals surface area (Å²) in [7, 11) is 0. The van der Waals surface area contributed by atoms with Crippen LogP contribution in [0.3, 0.4) is 0 Å². The molecule has 1 fully saturated rings. The number of aromatic nitrogens is 1. The minimum atomic E-state index is -4.57. The Morgan fingerprint density at radius 2 is 1.69 bits per heavy atom. The van der Waals surface area contributed by atoms with E-state index in [1.54, 1.807) is 0 Å². The number of benzene rings is 1. The molecular formula is C19H18F6N2O2. The number of hydrogen-bond donors (Lipinski definition) is 1. The fourth-order valence-corrected chi connectivity index (χ4v) is 3.20. The molecule has 0 spiro atoms. The van der Waals surface area contributed by atoms with Gasteiger partial charge in [0.2, 0.25) is 0 Å². The van der Waals surface area contributed by atoms with Crippen molar-refractivity contribution in [2.75, 3.05) is 18.0 Å². The first-order valence-electron chi connectivity index (χ1n) is 8.80. The van der Waals surface area contributed by atoms with Gasteiger partial charge in [-0.1, -0.05) is 6.92 Å². The van der Waals surface area contributed by atoms with Crippen LogP contribution in [0.4, 0.5) is 32.2 Å². The van der Waals surface area contributed by atoms with E-state index in [9.17, 15) is 31.4 Å². The van der Waals surface area contributed by atoms with Gasteiger partial charge in [0.05, 0.1) is 11.1 Å². The number of anilines is 1. The van der Waals surface area contributed by atoms with Crippen LogP contribution in [0.5, 0.6) is 11.5 Å². The topological polar surface area (TPSA) is 45.6 Å². The molecule has 1 N–H and O–H groups in total. The quantitative estimate of drug-likeness (QED) is 0.701. The van der Waals surface area contributed by atoms with Gasteiger partial charge in [-0.2, -0.15) is 26.3 Å². The summed E-state index contributed by atoms with van der Waals surface area (Å²) < 4.78 is 81.7. The zero-order chi connectivity index (χ0) is 21.4. The highest BCUT2D eigenvalue weighted by molar-refractivity contribution is 5.43. The molecule has 1 aromatic carbocycles. The van der Waals surface area contributed by atoms with Crippen molar-refractivity contribution < 1.29 is 36.2 Å². The molecule has 10 heteroatoms. The van der Waals surface area contributed by atoms with Gasteiger partial charge in [-0.25, -0.2) is 4.98 Å². The molecule has 2 heterocycles. The van der Waals surface area contributed by atoms with Crippen molar-refractivity contribution in [2.24, 2.45) is 5.92 Å². The van der Waals surface area contributed by atoms with Gasteiger partial charge < -0.3 is 14.7 Å². The van der Waals surface area contributed by atoms with E-state index in [0.29, 0.717) is 31.4 Å². The predicted molar refractivity (Wildman–Crippen MR) is 92.8 cm³/mol. The van der Waals surface area contributed by atoms with Gasteiger partial charge in [0, 0.05) is 31.6 Å². The number of piperidine rings is 1. The fraction of sp³-hybridized carbons (Fsp3) is 0.421. The minimum Gasteiger partial charge on any atom is -0.504 e. The van der Waals surface area contributed by atoms with Gasteiger partial charge >= 0.3 is 12.4 Å². The third-order valence-electron chi connectivity index (χ3n) is 4.79. The molecule has 0 aliphatic carbocycles. The number of aromatic hydroxyl groups is 1. The summed E-state index contributed by atoms with van der Waals surface area (Å²) in [6.45, 7) is 2.72. The van der Waals surface area contributed by atoms with E-state index in [1.807, 2.05) is 11.8 Å². The van der Waals surface area contributed by atoms with E-state index in [-0.39, 0.29) is 17.8 Å². The van der Waals surface area contributed by atoms with Crippen LogP contribution in [0, 0.1) is 5.92 Å². The average molecular weight is 420 g/mol. The molecule has 29 heavy (non-hydrogen) atoms. The Hall–Kier alpha value is -2.65. The first-order chi connectivity index (χ1) is 13.4. The van der Waals surface area contributed by atoms with Gasteiger partial charge in [0.25, 0.3) is 0 Å². The van der Waals surface area contributed by atoms with Gasteiger partial charge in [0.1, 0.15) is 11.9 Å². The van der Waals surface area contributed by atoms with Gasteiger partial charge in [-0.05, 0) is 30.3 Å². The Labute approximate surface area is 162 Å². The standard InChI is InChI=1S/C19H18F6N2O2/c1-11-10-27(17-5-3-13(9-26-17)19(23,24)25)7-6-15(11)29-16-4-2-12(8-14(16)28)18(20,21)22/h2-5,8-9,11,15,28H,6-7,10H2,1H3/t11-,15+/m0/s1. The van der Waals surface area contributed by atoms with E-state index < -0.39 is 29.2 Å². The van der Waals surface area contributed by atoms with Crippen LogP contribution in [0.1, 0.15) is 24.5 Å². The monoisotopic (exact) mass is 420 g/mol. The summed E-state index contributed by atoms with van der Waals surface area (Å²) in [4.78, 5) is 5.69. The van der Waals surface area contributed by atoms with Gasteiger partial charge in [-0.15, -0.1) is 0 Å². The van der Waals surface area contributed by atoms with Crippen molar-refractivity contribution in [2.45, 2.75) is 31.8 Å². The van der Waals surface area contributed by atoms with Crippen molar-refractivity contribution in [3.8, 4) is 11.5 Å². The molecule has 0 unspecified atom stereocenters. The van der Waals surface area contributed by atoms with Crippen LogP contribution in [0.15, 0.2) is 36.5 Å². The summed E-state index contributed by atoms with van der Waals surface area (Å²) in [5.74, 6) is -0.343. The van der Waals surface area contributed by atoms with E-state index in [1.165, 1.54) is 6.07 Å². The van der Waals surface area contributed by atoms with E-state index in [0.717, 1.165) is 24.4 Å². The molecule has 0 amide bonds. The number of rotatable bonds is 3. The highest BCUT2D eigenvalue weighted by Gasteiger charge is 2.34. The summed E-state index contributed by atoms with van der Waals surface area (Å²) in [6.07, 6.45) is -8.15. The number of nitrogens with zero attached hydrogens (tertiary/aromatic N) is 2. The molecule has 2 aromatic rings. The third-order valence-corrected chi connectivity index (χ3v) is 4.79. The lowest BCUT2D eigenvalue weighted by molar-refractivity contribution is -0.138. The van der Waals surface area contributed by atoms with Gasteiger partial charge in [0.15, 0.2) is 11.5 Å². The second-order valence-electron chi connectivity index (χ2n) is 6.95. The number of pyridine rings is 1. The van der Waals surface area contributed by atoms with Crippen LogP contribution >= 0.6 is 0 Å². The maximum Gasteiger partial charge on any atom is 0.417 e. The Morgan fingerprint density at radius 3 is 2.21 bits per heavy atom. The molecule has 1 saturated heterocycles. The lowest BCUT2D eigenvalue weighted by atomic mass is 9.96. The number of phenols is 1. The van der Waals surface area contributed by atoms with E-state index >= 15 is 0 Å². The number of ether oxygens (including phenoxy) is 1. The number of phenolic OH excluding ortho intramolecular Hbond substituents is 1. The molecule has 3 rings (SSSR count). The molecule has 0 bridgehead atoms. The molecule has 1 aromatic heterocycles. The molecule has 0 saturated carbocycles. The summed E-state index contributed by atoms with van der Waals surface area (Å²) in [6, 6.07) is 4.80. The Balaban J connectivity index is 1.65. The fourth-order valence-electron chi connectivity index (χ4n) is 3.20. The normalized spacial score (nSPS) is 20.6. The predicted octanol–water partition coefficient (Wildman–Crippen LogP) is 5.12. The second-order valence-corrected chi connectivity index (χ2v) is 6.95. The van der Waals surface area contributed by atoms with Crippen molar-refractivity contribution in [1.82, 2.24) is 4.98 Å². The Kier molecular flexibility index (Phi) is 5.55. The lowest BCUT2D eigenvalue weighted by Gasteiger charge is -2.37. The molecule has 158 valence electrons. The summed E-state index contributed by atoms with van der Waals surface area (Å²) in [5.41, 5.74) is -1.80. The lowest BCUT2D eigenvalue weighted by Crippen LogP contribution is -2.44. The van der Waals surface area contributed by atoms with Crippen LogP contribution in [-0.2, 0) is 12.4 Å². The van der Waals surface area contributed by atoms with Crippen LogP contribution in [0.25, 0.3) is 0 Å². The van der Waals surface area contributed by atoms with Gasteiger partial charge in [-0.3, -0.25) is 0 Å².